The van der Waals surface area contributed by atoms with Gasteiger partial charge >= 0.3 is 0 Å². The molecular formula is C21H19Cl3N4O2. The third kappa shape index (κ3) is 5.13. The van der Waals surface area contributed by atoms with Crippen LogP contribution in [-0.2, 0) is 11.3 Å². The number of hydrogen-bond acceptors (Lipinski definition) is 5. The molecule has 1 aliphatic heterocycles. The van der Waals surface area contributed by atoms with Crippen LogP contribution < -0.4 is 5.32 Å². The fourth-order valence-corrected chi connectivity index (χ4v) is 4.29. The highest BCUT2D eigenvalue weighted by Crippen LogP contribution is 2.27. The molecule has 1 aromatic heterocycles. The number of rotatable bonds is 5. The van der Waals surface area contributed by atoms with Gasteiger partial charge in [0.2, 0.25) is 17.6 Å². The molecule has 0 bridgehead atoms. The molecule has 1 unspecified atom stereocenters. The van der Waals surface area contributed by atoms with Crippen LogP contribution in [0.5, 0.6) is 0 Å². The highest BCUT2D eigenvalue weighted by Gasteiger charge is 2.27. The van der Waals surface area contributed by atoms with E-state index in [2.05, 4.69) is 20.4 Å². The number of nitrogens with zero attached hydrogens (tertiary/aromatic N) is 3. The van der Waals surface area contributed by atoms with Gasteiger partial charge in [0.05, 0.1) is 17.5 Å². The highest BCUT2D eigenvalue weighted by atomic mass is 35.5. The summed E-state index contributed by atoms with van der Waals surface area (Å²) in [7, 11) is 0. The number of anilines is 1. The number of nitrogens with one attached hydrogen (secondary N) is 1. The van der Waals surface area contributed by atoms with E-state index in [-0.39, 0.29) is 11.8 Å². The molecule has 1 aliphatic rings. The Hall–Kier alpha value is -2.12. The zero-order valence-corrected chi connectivity index (χ0v) is 18.2. The maximum Gasteiger partial charge on any atom is 0.241 e. The van der Waals surface area contributed by atoms with Gasteiger partial charge in [0, 0.05) is 27.8 Å². The van der Waals surface area contributed by atoms with Crippen LogP contribution in [0.2, 0.25) is 15.1 Å². The number of carbonyl (C=O) groups excluding carboxylic acids is 1. The van der Waals surface area contributed by atoms with Gasteiger partial charge in [0.25, 0.3) is 0 Å². The molecule has 4 rings (SSSR count). The number of benzene rings is 2. The van der Waals surface area contributed by atoms with E-state index >= 15 is 0 Å². The molecule has 156 valence electrons. The standard InChI is InChI=1S/C21H19Cl3N4O2/c22-14-8-15(23)10-16(9-14)25-21(29)13-4-3-7-28(11-13)12-19-26-20(27-30-19)17-5-1-2-6-18(17)24/h1-2,5-6,8-10,13H,3-4,7,11-12H2,(H,25,29). The summed E-state index contributed by atoms with van der Waals surface area (Å²) >= 11 is 18.2. The molecule has 1 fully saturated rings. The average Bonchev–Trinajstić information content (AvgIpc) is 3.16. The van der Waals surface area contributed by atoms with Crippen LogP contribution in [0.15, 0.2) is 47.0 Å². The Kier molecular flexibility index (Phi) is 6.58. The zero-order valence-electron chi connectivity index (χ0n) is 15.9. The predicted octanol–water partition coefficient (Wildman–Crippen LogP) is 5.55. The fraction of sp³-hybridized carbons (Fsp3) is 0.286. The maximum atomic E-state index is 12.7. The first-order chi connectivity index (χ1) is 14.5. The molecular weight excluding hydrogens is 447 g/mol. The molecule has 0 radical (unpaired) electrons. The largest absolute Gasteiger partial charge is 0.338 e. The normalized spacial score (nSPS) is 17.1. The smallest absolute Gasteiger partial charge is 0.241 e. The third-order valence-corrected chi connectivity index (χ3v) is 5.71. The van der Waals surface area contributed by atoms with E-state index in [9.17, 15) is 4.79 Å². The van der Waals surface area contributed by atoms with Crippen molar-refractivity contribution in [2.45, 2.75) is 19.4 Å². The van der Waals surface area contributed by atoms with Gasteiger partial charge in [-0.3, -0.25) is 9.69 Å². The van der Waals surface area contributed by atoms with Crippen LogP contribution in [0, 0.1) is 5.92 Å². The molecule has 1 amide bonds. The second-order valence-corrected chi connectivity index (χ2v) is 8.49. The maximum absolute atomic E-state index is 12.7. The van der Waals surface area contributed by atoms with Crippen LogP contribution in [0.4, 0.5) is 5.69 Å². The third-order valence-electron chi connectivity index (χ3n) is 4.95. The zero-order chi connectivity index (χ0) is 21.1. The summed E-state index contributed by atoms with van der Waals surface area (Å²) in [4.78, 5) is 19.3. The fourth-order valence-electron chi connectivity index (χ4n) is 3.55. The van der Waals surface area contributed by atoms with Crippen molar-refractivity contribution >= 4 is 46.4 Å². The molecule has 9 heteroatoms. The second-order valence-electron chi connectivity index (χ2n) is 7.21. The predicted molar refractivity (Wildman–Crippen MR) is 118 cm³/mol. The Morgan fingerprint density at radius 3 is 2.70 bits per heavy atom. The van der Waals surface area contributed by atoms with Crippen LogP contribution in [0.3, 0.4) is 0 Å². The lowest BCUT2D eigenvalue weighted by Gasteiger charge is -2.30. The first kappa shape index (κ1) is 21.1. The number of aromatic nitrogens is 2. The number of piperidine rings is 1. The highest BCUT2D eigenvalue weighted by molar-refractivity contribution is 6.35. The lowest BCUT2D eigenvalue weighted by Crippen LogP contribution is -2.40. The number of likely N-dealkylation sites (tertiary alicyclic amines) is 1. The summed E-state index contributed by atoms with van der Waals surface area (Å²) in [5.74, 6) is 0.745. The van der Waals surface area contributed by atoms with Gasteiger partial charge in [-0.05, 0) is 49.7 Å². The first-order valence-corrected chi connectivity index (χ1v) is 10.7. The first-order valence-electron chi connectivity index (χ1n) is 9.55. The molecule has 1 N–H and O–H groups in total. The summed E-state index contributed by atoms with van der Waals surface area (Å²) in [5.41, 5.74) is 1.32. The minimum atomic E-state index is -0.150. The molecule has 0 spiro atoms. The van der Waals surface area contributed by atoms with Gasteiger partial charge in [0.15, 0.2) is 0 Å². The Labute approximate surface area is 189 Å². The molecule has 2 heterocycles. The molecule has 1 saturated heterocycles. The molecule has 30 heavy (non-hydrogen) atoms. The minimum absolute atomic E-state index is 0.0553. The Morgan fingerprint density at radius 2 is 1.93 bits per heavy atom. The van der Waals surface area contributed by atoms with E-state index in [1.807, 2.05) is 18.2 Å². The van der Waals surface area contributed by atoms with Gasteiger partial charge in [-0.15, -0.1) is 0 Å². The molecule has 6 nitrogen and oxygen atoms in total. The topological polar surface area (TPSA) is 71.3 Å². The molecule has 3 aromatic rings. The monoisotopic (exact) mass is 464 g/mol. The lowest BCUT2D eigenvalue weighted by atomic mass is 9.97. The average molecular weight is 466 g/mol. The van der Waals surface area contributed by atoms with Crippen LogP contribution in [-0.4, -0.2) is 34.0 Å². The number of amides is 1. The van der Waals surface area contributed by atoms with Crippen molar-refractivity contribution in [2.24, 2.45) is 5.92 Å². The summed E-state index contributed by atoms with van der Waals surface area (Å²) in [5, 5.41) is 8.48. The van der Waals surface area contributed by atoms with Crippen LogP contribution in [0.1, 0.15) is 18.7 Å². The SMILES string of the molecule is O=C(Nc1cc(Cl)cc(Cl)c1)C1CCCN(Cc2nc(-c3ccccc3Cl)no2)C1. The van der Waals surface area contributed by atoms with E-state index in [1.54, 1.807) is 24.3 Å². The molecule has 2 aromatic carbocycles. The van der Waals surface area contributed by atoms with E-state index in [4.69, 9.17) is 39.3 Å². The molecule has 1 atom stereocenters. The van der Waals surface area contributed by atoms with Gasteiger partial charge in [-0.1, -0.05) is 52.1 Å². The van der Waals surface area contributed by atoms with Gasteiger partial charge in [-0.2, -0.15) is 4.98 Å². The van der Waals surface area contributed by atoms with E-state index in [1.165, 1.54) is 0 Å². The van der Waals surface area contributed by atoms with Crippen molar-refractivity contribution in [3.63, 3.8) is 0 Å². The Bertz CT molecular complexity index is 1040. The quantitative estimate of drug-likeness (QED) is 0.535. The Balaban J connectivity index is 1.38. The van der Waals surface area contributed by atoms with E-state index < -0.39 is 0 Å². The second kappa shape index (κ2) is 9.35. The van der Waals surface area contributed by atoms with Crippen molar-refractivity contribution in [1.82, 2.24) is 15.0 Å². The Morgan fingerprint density at radius 1 is 1.17 bits per heavy atom. The summed E-state index contributed by atoms with van der Waals surface area (Å²) in [6, 6.07) is 12.3. The van der Waals surface area contributed by atoms with Crippen LogP contribution in [0.25, 0.3) is 11.4 Å². The van der Waals surface area contributed by atoms with Crippen molar-refractivity contribution in [1.29, 1.82) is 0 Å². The van der Waals surface area contributed by atoms with Crippen molar-refractivity contribution in [3.05, 3.63) is 63.4 Å². The van der Waals surface area contributed by atoms with Crippen LogP contribution >= 0.6 is 34.8 Å². The van der Waals surface area contributed by atoms with E-state index in [0.717, 1.165) is 24.9 Å². The molecule has 0 aliphatic carbocycles. The van der Waals surface area contributed by atoms with Gasteiger partial charge in [-0.25, -0.2) is 0 Å². The van der Waals surface area contributed by atoms with E-state index in [0.29, 0.717) is 45.6 Å². The molecule has 0 saturated carbocycles. The van der Waals surface area contributed by atoms with Gasteiger partial charge in [0.1, 0.15) is 0 Å². The van der Waals surface area contributed by atoms with Crippen molar-refractivity contribution in [2.75, 3.05) is 18.4 Å². The van der Waals surface area contributed by atoms with Crippen molar-refractivity contribution in [3.8, 4) is 11.4 Å². The number of carbonyl (C=O) groups is 1. The minimum Gasteiger partial charge on any atom is -0.338 e. The number of hydrogen-bond donors (Lipinski definition) is 1. The van der Waals surface area contributed by atoms with Gasteiger partial charge < -0.3 is 9.84 Å². The number of halogens is 3. The summed E-state index contributed by atoms with van der Waals surface area (Å²) < 4.78 is 5.40. The summed E-state index contributed by atoms with van der Waals surface area (Å²) in [6.45, 7) is 1.94. The van der Waals surface area contributed by atoms with Crippen molar-refractivity contribution < 1.29 is 9.32 Å². The summed E-state index contributed by atoms with van der Waals surface area (Å²) in [6.07, 6.45) is 1.71. The lowest BCUT2D eigenvalue weighted by molar-refractivity contribution is -0.121.